The van der Waals surface area contributed by atoms with Crippen LogP contribution in [0, 0.1) is 4.77 Å². The molecule has 3 rings (SSSR count). The first-order valence-corrected chi connectivity index (χ1v) is 8.79. The monoisotopic (exact) mass is 363 g/mol. The van der Waals surface area contributed by atoms with Gasteiger partial charge in [-0.1, -0.05) is 31.2 Å². The molecular weight excluding hydrogens is 340 g/mol. The number of aromatic nitrogens is 3. The number of aliphatic hydroxyl groups excluding tert-OH is 1. The number of nitrogens with zero attached hydrogens (tertiary/aromatic N) is 2. The molecule has 0 saturated carbocycles. The maximum atomic E-state index is 11.9. The fraction of sp³-hybridized carbons (Fsp3) is 0.471. The normalized spacial score (nSPS) is 22.9. The maximum Gasteiger partial charge on any atom is 0.364 e. The SMILES string of the molecule is CCc1ccc(-c2nc(=S)n(C[NH+]3C[C@@H](O)C[C@H]3C(=O)OC)[nH]2)cc1. The molecule has 0 bridgehead atoms. The number of quaternary nitrogens is 1. The lowest BCUT2D eigenvalue weighted by Crippen LogP contribution is -3.14. The van der Waals surface area contributed by atoms with E-state index in [1.54, 1.807) is 4.68 Å². The van der Waals surface area contributed by atoms with E-state index in [4.69, 9.17) is 17.0 Å². The van der Waals surface area contributed by atoms with Crippen LogP contribution in [0.25, 0.3) is 11.4 Å². The van der Waals surface area contributed by atoms with Crippen LogP contribution in [0.2, 0.25) is 0 Å². The number of likely N-dealkylation sites (tertiary alicyclic amines) is 1. The molecule has 7 nitrogen and oxygen atoms in total. The van der Waals surface area contributed by atoms with Crippen LogP contribution in [0.1, 0.15) is 18.9 Å². The van der Waals surface area contributed by atoms with E-state index in [1.807, 2.05) is 12.1 Å². The lowest BCUT2D eigenvalue weighted by Gasteiger charge is -2.19. The zero-order valence-electron chi connectivity index (χ0n) is 14.4. The molecule has 8 heteroatoms. The Morgan fingerprint density at radius 3 is 2.84 bits per heavy atom. The zero-order chi connectivity index (χ0) is 18.0. The van der Waals surface area contributed by atoms with E-state index in [0.717, 1.165) is 16.9 Å². The minimum absolute atomic E-state index is 0.312. The van der Waals surface area contributed by atoms with Gasteiger partial charge in [-0.15, -0.1) is 0 Å². The van der Waals surface area contributed by atoms with Gasteiger partial charge in [0.15, 0.2) is 18.5 Å². The Labute approximate surface area is 151 Å². The molecule has 2 aromatic rings. The summed E-state index contributed by atoms with van der Waals surface area (Å²) in [5, 5.41) is 13.1. The molecule has 0 amide bonds. The fourth-order valence-electron chi connectivity index (χ4n) is 3.24. The van der Waals surface area contributed by atoms with Crippen LogP contribution in [0.4, 0.5) is 0 Å². The second-order valence-electron chi connectivity index (χ2n) is 6.32. The topological polar surface area (TPSA) is 84.6 Å². The molecule has 0 aliphatic carbocycles. The van der Waals surface area contributed by atoms with Gasteiger partial charge in [-0.25, -0.2) is 9.48 Å². The maximum absolute atomic E-state index is 11.9. The predicted octanol–water partition coefficient (Wildman–Crippen LogP) is 0.319. The van der Waals surface area contributed by atoms with Crippen LogP contribution in [-0.2, 0) is 22.6 Å². The second-order valence-corrected chi connectivity index (χ2v) is 6.68. The van der Waals surface area contributed by atoms with Gasteiger partial charge < -0.3 is 14.7 Å². The van der Waals surface area contributed by atoms with Crippen LogP contribution in [-0.4, -0.2) is 51.6 Å². The molecule has 134 valence electrons. The minimum atomic E-state index is -0.516. The molecule has 2 heterocycles. The van der Waals surface area contributed by atoms with Crippen molar-refractivity contribution in [1.82, 2.24) is 14.8 Å². The van der Waals surface area contributed by atoms with Gasteiger partial charge >= 0.3 is 5.97 Å². The highest BCUT2D eigenvalue weighted by Crippen LogP contribution is 2.16. The number of aromatic amines is 1. The third kappa shape index (κ3) is 3.81. The van der Waals surface area contributed by atoms with Crippen molar-refractivity contribution in [2.24, 2.45) is 0 Å². The lowest BCUT2D eigenvalue weighted by molar-refractivity contribution is -0.928. The highest BCUT2D eigenvalue weighted by molar-refractivity contribution is 7.71. The highest BCUT2D eigenvalue weighted by Gasteiger charge is 2.41. The van der Waals surface area contributed by atoms with Crippen molar-refractivity contribution in [2.45, 2.75) is 38.6 Å². The molecule has 3 N–H and O–H groups in total. The van der Waals surface area contributed by atoms with E-state index in [0.29, 0.717) is 30.2 Å². The quantitative estimate of drug-likeness (QED) is 0.526. The first-order chi connectivity index (χ1) is 12.0. The van der Waals surface area contributed by atoms with Gasteiger partial charge in [-0.3, -0.25) is 5.10 Å². The molecule has 1 aromatic carbocycles. The fourth-order valence-corrected chi connectivity index (χ4v) is 3.44. The van der Waals surface area contributed by atoms with Crippen LogP contribution in [0.5, 0.6) is 0 Å². The first kappa shape index (κ1) is 17.8. The van der Waals surface area contributed by atoms with Crippen LogP contribution in [0.3, 0.4) is 0 Å². The summed E-state index contributed by atoms with van der Waals surface area (Å²) in [6.45, 7) is 3.01. The van der Waals surface area contributed by atoms with Crippen LogP contribution >= 0.6 is 12.2 Å². The summed E-state index contributed by atoms with van der Waals surface area (Å²) >= 11 is 5.35. The number of aryl methyl sites for hydroxylation is 1. The molecule has 3 atom stereocenters. The Bertz CT molecular complexity index is 799. The number of carbonyl (C=O) groups is 1. The molecule has 25 heavy (non-hydrogen) atoms. The second kappa shape index (κ2) is 7.47. The highest BCUT2D eigenvalue weighted by atomic mass is 32.1. The van der Waals surface area contributed by atoms with Gasteiger partial charge in [0, 0.05) is 12.0 Å². The molecule has 1 aromatic heterocycles. The van der Waals surface area contributed by atoms with Gasteiger partial charge in [-0.05, 0) is 24.2 Å². The summed E-state index contributed by atoms with van der Waals surface area (Å²) in [7, 11) is 1.37. The van der Waals surface area contributed by atoms with E-state index >= 15 is 0 Å². The van der Waals surface area contributed by atoms with Gasteiger partial charge in [0.2, 0.25) is 4.77 Å². The first-order valence-electron chi connectivity index (χ1n) is 8.38. The van der Waals surface area contributed by atoms with E-state index in [9.17, 15) is 9.90 Å². The molecular formula is C17H23N4O3S+. The summed E-state index contributed by atoms with van der Waals surface area (Å²) in [5.74, 6) is 0.384. The molecule has 0 spiro atoms. The summed E-state index contributed by atoms with van der Waals surface area (Å²) in [5.41, 5.74) is 2.22. The number of aliphatic hydroxyl groups is 1. The molecule has 1 saturated heterocycles. The number of rotatable bonds is 5. The third-order valence-corrected chi connectivity index (χ3v) is 4.97. The molecule has 0 radical (unpaired) electrons. The molecule has 1 unspecified atom stereocenters. The van der Waals surface area contributed by atoms with E-state index < -0.39 is 12.1 Å². The summed E-state index contributed by atoms with van der Waals surface area (Å²) in [6.07, 6.45) is 0.868. The van der Waals surface area contributed by atoms with Crippen molar-refractivity contribution in [3.05, 3.63) is 34.6 Å². The molecule has 1 aliphatic rings. The van der Waals surface area contributed by atoms with Crippen molar-refractivity contribution in [3.63, 3.8) is 0 Å². The number of hydrogen-bond donors (Lipinski definition) is 3. The molecule has 1 aliphatic heterocycles. The van der Waals surface area contributed by atoms with Gasteiger partial charge in [0.25, 0.3) is 0 Å². The Morgan fingerprint density at radius 2 is 2.20 bits per heavy atom. The summed E-state index contributed by atoms with van der Waals surface area (Å²) in [4.78, 5) is 17.2. The van der Waals surface area contributed by atoms with Crippen LogP contribution < -0.4 is 4.90 Å². The predicted molar refractivity (Wildman–Crippen MR) is 94.5 cm³/mol. The van der Waals surface area contributed by atoms with Crippen LogP contribution in [0.15, 0.2) is 24.3 Å². The van der Waals surface area contributed by atoms with Crippen molar-refractivity contribution in [3.8, 4) is 11.4 Å². The Hall–Kier alpha value is -2.03. The average molecular weight is 363 g/mol. The number of esters is 1. The van der Waals surface area contributed by atoms with E-state index in [-0.39, 0.29) is 5.97 Å². The number of nitrogens with one attached hydrogen (secondary N) is 2. The standard InChI is InChI=1S/C17H22N4O3S/c1-3-11-4-6-12(7-5-11)15-18-17(25)21(19-15)10-20-9-13(22)8-14(20)16(23)24-2/h4-7,13-14,22H,3,8-10H2,1-2H3,(H,18,19,25)/p+1/t13-,14-/m0/s1. The number of ether oxygens (including phenoxy) is 1. The van der Waals surface area contributed by atoms with Crippen molar-refractivity contribution >= 4 is 18.2 Å². The summed E-state index contributed by atoms with van der Waals surface area (Å²) in [6, 6.07) is 7.78. The van der Waals surface area contributed by atoms with E-state index in [2.05, 4.69) is 29.1 Å². The number of hydrogen-bond acceptors (Lipinski definition) is 5. The Morgan fingerprint density at radius 1 is 1.48 bits per heavy atom. The lowest BCUT2D eigenvalue weighted by atomic mass is 10.1. The Balaban J connectivity index is 1.80. The Kier molecular flexibility index (Phi) is 5.31. The van der Waals surface area contributed by atoms with Gasteiger partial charge in [-0.2, -0.15) is 4.98 Å². The number of carbonyl (C=O) groups excluding carboxylic acids is 1. The van der Waals surface area contributed by atoms with Crippen molar-refractivity contribution in [1.29, 1.82) is 0 Å². The summed E-state index contributed by atoms with van der Waals surface area (Å²) < 4.78 is 7.01. The smallest absolute Gasteiger partial charge is 0.364 e. The average Bonchev–Trinajstić information content (AvgIpc) is 3.17. The number of methoxy groups -OCH3 is 1. The number of H-pyrrole nitrogens is 1. The number of benzene rings is 1. The third-order valence-electron chi connectivity index (χ3n) is 4.66. The van der Waals surface area contributed by atoms with Crippen molar-refractivity contribution < 1.29 is 19.5 Å². The van der Waals surface area contributed by atoms with E-state index in [1.165, 1.54) is 12.7 Å². The largest absolute Gasteiger partial charge is 0.465 e. The van der Waals surface area contributed by atoms with Gasteiger partial charge in [0.05, 0.1) is 7.11 Å². The molecule has 1 fully saturated rings. The minimum Gasteiger partial charge on any atom is -0.465 e. The van der Waals surface area contributed by atoms with Gasteiger partial charge in [0.1, 0.15) is 12.6 Å². The zero-order valence-corrected chi connectivity index (χ0v) is 15.2. The van der Waals surface area contributed by atoms with Crippen molar-refractivity contribution in [2.75, 3.05) is 13.7 Å².